The van der Waals surface area contributed by atoms with Crippen molar-refractivity contribution >= 4 is 61.1 Å². The zero-order chi connectivity index (χ0) is 30.6. The van der Waals surface area contributed by atoms with Gasteiger partial charge in [-0.1, -0.05) is 60.7 Å². The first kappa shape index (κ1) is 26.1. The van der Waals surface area contributed by atoms with Crippen LogP contribution in [0.2, 0.25) is 0 Å². The van der Waals surface area contributed by atoms with Gasteiger partial charge in [0.25, 0.3) is 0 Å². The molecular weight excluding hydrogens is 572 g/mol. The van der Waals surface area contributed by atoms with Crippen LogP contribution in [-0.4, -0.2) is 14.8 Å². The van der Waals surface area contributed by atoms with Crippen molar-refractivity contribution in [3.05, 3.63) is 140 Å². The summed E-state index contributed by atoms with van der Waals surface area (Å²) in [5.74, 6) is 2.08. The van der Waals surface area contributed by atoms with Gasteiger partial charge in [0.15, 0.2) is 5.58 Å². The standard InChI is InChI=1S/C39H26N4O3/c1-42-20-18-31(41-42)25-21-35(38-29-14-6-8-16-34(29)45-36(38)22-25)44-27-23-30-28-13-5-7-15-33(28)46-39(30)32(24-27)43(26-11-3-2-4-12-26)37-17-9-10-19-40-37/h2-24H,1H3. The van der Waals surface area contributed by atoms with E-state index in [0.717, 1.165) is 72.3 Å². The van der Waals surface area contributed by atoms with Gasteiger partial charge in [0, 0.05) is 52.9 Å². The third-order valence-electron chi connectivity index (χ3n) is 8.25. The van der Waals surface area contributed by atoms with E-state index >= 15 is 0 Å². The summed E-state index contributed by atoms with van der Waals surface area (Å²) in [7, 11) is 1.91. The molecular formula is C39H26N4O3. The van der Waals surface area contributed by atoms with Gasteiger partial charge in [-0.3, -0.25) is 9.58 Å². The average molecular weight is 599 g/mol. The van der Waals surface area contributed by atoms with Crippen molar-refractivity contribution in [1.82, 2.24) is 14.8 Å². The second kappa shape index (κ2) is 10.4. The molecule has 0 bridgehead atoms. The fraction of sp³-hybridized carbons (Fsp3) is 0.0256. The van der Waals surface area contributed by atoms with E-state index in [1.807, 2.05) is 116 Å². The van der Waals surface area contributed by atoms with Gasteiger partial charge in [0.1, 0.15) is 34.1 Å². The van der Waals surface area contributed by atoms with Crippen LogP contribution in [0.5, 0.6) is 11.5 Å². The Morgan fingerprint density at radius 2 is 1.43 bits per heavy atom. The van der Waals surface area contributed by atoms with Crippen LogP contribution in [0.4, 0.5) is 17.2 Å². The topological polar surface area (TPSA) is 69.5 Å². The second-order valence-corrected chi connectivity index (χ2v) is 11.2. The summed E-state index contributed by atoms with van der Waals surface area (Å²) in [5.41, 5.74) is 6.54. The Kier molecular flexibility index (Phi) is 5.89. The zero-order valence-corrected chi connectivity index (χ0v) is 24.8. The maximum atomic E-state index is 6.93. The molecule has 0 radical (unpaired) electrons. The normalized spacial score (nSPS) is 11.6. The number of anilines is 3. The lowest BCUT2D eigenvalue weighted by Crippen LogP contribution is -2.11. The Morgan fingerprint density at radius 3 is 2.22 bits per heavy atom. The van der Waals surface area contributed by atoms with Gasteiger partial charge < -0.3 is 13.6 Å². The van der Waals surface area contributed by atoms with Crippen molar-refractivity contribution in [2.45, 2.75) is 0 Å². The lowest BCUT2D eigenvalue weighted by atomic mass is 10.1. The number of ether oxygens (including phenoxy) is 1. The number of aryl methyl sites for hydroxylation is 1. The number of hydrogen-bond donors (Lipinski definition) is 0. The predicted molar refractivity (Wildman–Crippen MR) is 182 cm³/mol. The number of pyridine rings is 1. The molecule has 0 unspecified atom stereocenters. The fourth-order valence-electron chi connectivity index (χ4n) is 6.21. The lowest BCUT2D eigenvalue weighted by molar-refractivity contribution is 0.489. The molecule has 0 N–H and O–H groups in total. The van der Waals surface area contributed by atoms with Crippen LogP contribution in [0.3, 0.4) is 0 Å². The molecule has 7 heteroatoms. The van der Waals surface area contributed by atoms with Gasteiger partial charge in [0.05, 0.1) is 16.8 Å². The van der Waals surface area contributed by atoms with E-state index in [-0.39, 0.29) is 0 Å². The maximum absolute atomic E-state index is 6.93. The van der Waals surface area contributed by atoms with Gasteiger partial charge in [-0.05, 0) is 60.7 Å². The predicted octanol–water partition coefficient (Wildman–Crippen LogP) is 10.5. The summed E-state index contributed by atoms with van der Waals surface area (Å²) in [6, 6.07) is 42.3. The number of furan rings is 2. The zero-order valence-electron chi connectivity index (χ0n) is 24.8. The molecule has 220 valence electrons. The number of hydrogen-bond acceptors (Lipinski definition) is 6. The van der Waals surface area contributed by atoms with Gasteiger partial charge in [-0.2, -0.15) is 5.10 Å². The molecule has 4 heterocycles. The van der Waals surface area contributed by atoms with Gasteiger partial charge in [0.2, 0.25) is 0 Å². The Balaban J connectivity index is 1.31. The van der Waals surface area contributed by atoms with E-state index in [1.165, 1.54) is 0 Å². The molecule has 0 fully saturated rings. The smallest absolute Gasteiger partial charge is 0.159 e. The van der Waals surface area contributed by atoms with Crippen LogP contribution in [0, 0.1) is 0 Å². The molecule has 0 saturated heterocycles. The van der Waals surface area contributed by atoms with E-state index in [1.54, 1.807) is 10.9 Å². The SMILES string of the molecule is Cn1ccc(-c2cc(Oc3cc(N(c4ccccc4)c4ccccn4)c4oc5ccccc5c4c3)c3c(c2)oc2ccccc23)n1. The van der Waals surface area contributed by atoms with E-state index in [4.69, 9.17) is 18.6 Å². The highest BCUT2D eigenvalue weighted by Gasteiger charge is 2.23. The molecule has 0 amide bonds. The van der Waals surface area contributed by atoms with Crippen molar-refractivity contribution in [3.8, 4) is 22.8 Å². The Labute approximate surface area is 263 Å². The average Bonchev–Trinajstić information content (AvgIpc) is 3.81. The van der Waals surface area contributed by atoms with Gasteiger partial charge in [-0.15, -0.1) is 0 Å². The number of nitrogens with zero attached hydrogens (tertiary/aromatic N) is 4. The molecule has 5 aromatic carbocycles. The Hall–Kier alpha value is -6.34. The first-order valence-electron chi connectivity index (χ1n) is 15.0. The Bertz CT molecular complexity index is 2490. The monoisotopic (exact) mass is 598 g/mol. The van der Waals surface area contributed by atoms with Crippen LogP contribution in [0.1, 0.15) is 0 Å². The van der Waals surface area contributed by atoms with Crippen LogP contribution >= 0.6 is 0 Å². The molecule has 0 aliphatic rings. The summed E-state index contributed by atoms with van der Waals surface area (Å²) in [5, 5.41) is 8.48. The largest absolute Gasteiger partial charge is 0.456 e. The first-order chi connectivity index (χ1) is 22.7. The minimum absolute atomic E-state index is 0.649. The van der Waals surface area contributed by atoms with Gasteiger partial charge in [-0.25, -0.2) is 4.98 Å². The minimum Gasteiger partial charge on any atom is -0.456 e. The number of aromatic nitrogens is 3. The number of rotatable bonds is 6. The molecule has 46 heavy (non-hydrogen) atoms. The third-order valence-corrected chi connectivity index (χ3v) is 8.25. The number of para-hydroxylation sites is 3. The van der Waals surface area contributed by atoms with Crippen molar-refractivity contribution in [1.29, 1.82) is 0 Å². The van der Waals surface area contributed by atoms with Crippen LogP contribution in [0.25, 0.3) is 55.1 Å². The Morgan fingerprint density at radius 1 is 0.674 bits per heavy atom. The quantitative estimate of drug-likeness (QED) is 0.190. The molecule has 4 aromatic heterocycles. The molecule has 0 aliphatic heterocycles. The summed E-state index contributed by atoms with van der Waals surface area (Å²) in [6.45, 7) is 0. The van der Waals surface area contributed by atoms with E-state index in [9.17, 15) is 0 Å². The van der Waals surface area contributed by atoms with Crippen molar-refractivity contribution in [2.75, 3.05) is 4.90 Å². The summed E-state index contributed by atoms with van der Waals surface area (Å²) in [6.07, 6.45) is 3.73. The molecule has 0 spiro atoms. The van der Waals surface area contributed by atoms with Gasteiger partial charge >= 0.3 is 0 Å². The van der Waals surface area contributed by atoms with Crippen LogP contribution < -0.4 is 9.64 Å². The summed E-state index contributed by atoms with van der Waals surface area (Å²) < 4.78 is 21.6. The van der Waals surface area contributed by atoms with Crippen molar-refractivity contribution in [2.24, 2.45) is 7.05 Å². The second-order valence-electron chi connectivity index (χ2n) is 11.2. The van der Waals surface area contributed by atoms with Crippen LogP contribution in [-0.2, 0) is 7.05 Å². The summed E-state index contributed by atoms with van der Waals surface area (Å²) >= 11 is 0. The molecule has 9 aromatic rings. The third kappa shape index (κ3) is 4.29. The highest BCUT2D eigenvalue weighted by molar-refractivity contribution is 6.12. The maximum Gasteiger partial charge on any atom is 0.159 e. The lowest BCUT2D eigenvalue weighted by Gasteiger charge is -2.24. The van der Waals surface area contributed by atoms with E-state index in [0.29, 0.717) is 11.5 Å². The van der Waals surface area contributed by atoms with Crippen molar-refractivity contribution in [3.63, 3.8) is 0 Å². The molecule has 9 rings (SSSR count). The van der Waals surface area contributed by atoms with E-state index < -0.39 is 0 Å². The number of benzene rings is 5. The molecule has 0 atom stereocenters. The molecule has 7 nitrogen and oxygen atoms in total. The highest BCUT2D eigenvalue weighted by atomic mass is 16.5. The first-order valence-corrected chi connectivity index (χ1v) is 15.0. The number of fused-ring (bicyclic) bond motifs is 6. The van der Waals surface area contributed by atoms with E-state index in [2.05, 4.69) is 34.3 Å². The fourth-order valence-corrected chi connectivity index (χ4v) is 6.21. The van der Waals surface area contributed by atoms with Crippen molar-refractivity contribution < 1.29 is 13.6 Å². The molecule has 0 saturated carbocycles. The molecule has 0 aliphatic carbocycles. The highest BCUT2D eigenvalue weighted by Crippen LogP contribution is 2.46. The minimum atomic E-state index is 0.649. The van der Waals surface area contributed by atoms with Crippen LogP contribution in [0.15, 0.2) is 149 Å². The summed E-state index contributed by atoms with van der Waals surface area (Å²) in [4.78, 5) is 6.85.